The van der Waals surface area contributed by atoms with Crippen molar-refractivity contribution in [1.29, 1.82) is 0 Å². The van der Waals surface area contributed by atoms with Crippen LogP contribution in [-0.4, -0.2) is 29.6 Å². The van der Waals surface area contributed by atoms with Crippen LogP contribution in [0.15, 0.2) is 36.0 Å². The number of methoxy groups -OCH3 is 1. The van der Waals surface area contributed by atoms with Crippen molar-refractivity contribution < 1.29 is 14.3 Å². The molecule has 1 amide bonds. The standard InChI is InChI=1S/C24H27ClN2O3S/c1-6-27-23(28)20(26-24(27)31)11-16-7-8-21(29-5)17(10-16)13-30-22-9-15(4)19(25)12-18(22)14(2)3/h7-12,14H,6,13H2,1-5H3,(H,26,31)/b20-11+. The molecule has 2 aromatic carbocycles. The van der Waals surface area contributed by atoms with Crippen LogP contribution >= 0.6 is 23.8 Å². The highest BCUT2D eigenvalue weighted by Crippen LogP contribution is 2.33. The Hall–Kier alpha value is -2.57. The van der Waals surface area contributed by atoms with Gasteiger partial charge < -0.3 is 14.8 Å². The Kier molecular flexibility index (Phi) is 7.23. The second kappa shape index (κ2) is 9.71. The molecule has 0 spiro atoms. The first kappa shape index (κ1) is 23.1. The zero-order valence-corrected chi connectivity index (χ0v) is 20.0. The zero-order chi connectivity index (χ0) is 22.7. The fraction of sp³-hybridized carbons (Fsp3) is 0.333. The van der Waals surface area contributed by atoms with E-state index in [-0.39, 0.29) is 11.8 Å². The maximum atomic E-state index is 12.5. The Labute approximate surface area is 194 Å². The highest BCUT2D eigenvalue weighted by molar-refractivity contribution is 7.80. The van der Waals surface area contributed by atoms with Gasteiger partial charge in [0.25, 0.3) is 5.91 Å². The molecule has 3 rings (SSSR count). The molecule has 7 heteroatoms. The van der Waals surface area contributed by atoms with Gasteiger partial charge in [-0.25, -0.2) is 0 Å². The van der Waals surface area contributed by atoms with E-state index < -0.39 is 0 Å². The van der Waals surface area contributed by atoms with Gasteiger partial charge in [0.2, 0.25) is 0 Å². The van der Waals surface area contributed by atoms with E-state index >= 15 is 0 Å². The second-order valence-corrected chi connectivity index (χ2v) is 8.49. The summed E-state index contributed by atoms with van der Waals surface area (Å²) < 4.78 is 11.7. The normalized spacial score (nSPS) is 15.1. The maximum absolute atomic E-state index is 12.5. The van der Waals surface area contributed by atoms with Gasteiger partial charge in [0.1, 0.15) is 23.8 Å². The number of likely N-dealkylation sites (N-methyl/N-ethyl adjacent to an activating group) is 1. The summed E-state index contributed by atoms with van der Waals surface area (Å²) in [6.45, 7) is 8.92. The molecule has 2 aromatic rings. The number of rotatable bonds is 7. The minimum absolute atomic E-state index is 0.126. The van der Waals surface area contributed by atoms with Crippen LogP contribution in [0.25, 0.3) is 6.08 Å². The monoisotopic (exact) mass is 458 g/mol. The van der Waals surface area contributed by atoms with Gasteiger partial charge in [-0.2, -0.15) is 0 Å². The van der Waals surface area contributed by atoms with Gasteiger partial charge in [-0.1, -0.05) is 31.5 Å². The summed E-state index contributed by atoms with van der Waals surface area (Å²) in [6.07, 6.45) is 1.79. The lowest BCUT2D eigenvalue weighted by Gasteiger charge is -2.17. The molecular weight excluding hydrogens is 432 g/mol. The minimum atomic E-state index is -0.126. The zero-order valence-electron chi connectivity index (χ0n) is 18.4. The van der Waals surface area contributed by atoms with Crippen LogP contribution in [-0.2, 0) is 11.4 Å². The molecule has 0 aliphatic carbocycles. The summed E-state index contributed by atoms with van der Waals surface area (Å²) >= 11 is 11.5. The molecule has 0 unspecified atom stereocenters. The first-order chi connectivity index (χ1) is 14.7. The van der Waals surface area contributed by atoms with E-state index in [1.807, 2.05) is 44.2 Å². The topological polar surface area (TPSA) is 50.8 Å². The molecule has 1 aliphatic rings. The minimum Gasteiger partial charge on any atom is -0.496 e. The Balaban J connectivity index is 1.88. The summed E-state index contributed by atoms with van der Waals surface area (Å²) in [5.41, 5.74) is 4.21. The molecule has 1 saturated heterocycles. The number of carbonyl (C=O) groups excluding carboxylic acids is 1. The molecule has 1 fully saturated rings. The highest BCUT2D eigenvalue weighted by Gasteiger charge is 2.29. The predicted octanol–water partition coefficient (Wildman–Crippen LogP) is 5.44. The first-order valence-electron chi connectivity index (χ1n) is 10.2. The van der Waals surface area contributed by atoms with E-state index in [2.05, 4.69) is 19.2 Å². The van der Waals surface area contributed by atoms with Crippen LogP contribution in [0.1, 0.15) is 48.9 Å². The van der Waals surface area contributed by atoms with Crippen molar-refractivity contribution in [1.82, 2.24) is 10.2 Å². The van der Waals surface area contributed by atoms with Gasteiger partial charge in [-0.15, -0.1) is 0 Å². The number of halogens is 1. The van der Waals surface area contributed by atoms with E-state index in [1.165, 1.54) is 4.90 Å². The fourth-order valence-corrected chi connectivity index (χ4v) is 3.92. The molecule has 1 heterocycles. The third-order valence-corrected chi connectivity index (χ3v) is 5.92. The molecular formula is C24H27ClN2O3S. The van der Waals surface area contributed by atoms with Gasteiger partial charge in [0.05, 0.1) is 7.11 Å². The summed E-state index contributed by atoms with van der Waals surface area (Å²) in [5, 5.41) is 4.14. The molecule has 0 radical (unpaired) electrons. The maximum Gasteiger partial charge on any atom is 0.276 e. The number of hydrogen-bond acceptors (Lipinski definition) is 4. The van der Waals surface area contributed by atoms with Gasteiger partial charge in [-0.05, 0) is 79.0 Å². The highest BCUT2D eigenvalue weighted by atomic mass is 35.5. The van der Waals surface area contributed by atoms with Crippen molar-refractivity contribution in [3.63, 3.8) is 0 Å². The van der Waals surface area contributed by atoms with Crippen molar-refractivity contribution >= 4 is 40.9 Å². The van der Waals surface area contributed by atoms with Crippen LogP contribution in [0.5, 0.6) is 11.5 Å². The predicted molar refractivity (Wildman–Crippen MR) is 129 cm³/mol. The molecule has 1 N–H and O–H groups in total. The van der Waals surface area contributed by atoms with E-state index in [9.17, 15) is 4.79 Å². The summed E-state index contributed by atoms with van der Waals surface area (Å²) in [4.78, 5) is 14.0. The summed E-state index contributed by atoms with van der Waals surface area (Å²) in [6, 6.07) is 9.66. The number of nitrogens with zero attached hydrogens (tertiary/aromatic N) is 1. The van der Waals surface area contributed by atoms with E-state index in [0.29, 0.717) is 24.0 Å². The van der Waals surface area contributed by atoms with Crippen LogP contribution in [0.2, 0.25) is 5.02 Å². The average molecular weight is 459 g/mol. The molecule has 0 bridgehead atoms. The Morgan fingerprint density at radius 2 is 1.97 bits per heavy atom. The number of thiocarbonyl (C=S) groups is 1. The number of carbonyl (C=O) groups is 1. The number of nitrogens with one attached hydrogen (secondary N) is 1. The lowest BCUT2D eigenvalue weighted by atomic mass is 10.0. The third kappa shape index (κ3) is 5.02. The lowest BCUT2D eigenvalue weighted by molar-refractivity contribution is -0.122. The second-order valence-electron chi connectivity index (χ2n) is 7.69. The third-order valence-electron chi connectivity index (χ3n) is 5.19. The summed E-state index contributed by atoms with van der Waals surface area (Å²) in [5.74, 6) is 1.67. The van der Waals surface area contributed by atoms with Crippen molar-refractivity contribution in [3.05, 3.63) is 63.3 Å². The number of amides is 1. The number of hydrogen-bond donors (Lipinski definition) is 1. The van der Waals surface area contributed by atoms with Gasteiger partial charge in [0, 0.05) is 17.1 Å². The van der Waals surface area contributed by atoms with Crippen molar-refractivity contribution in [3.8, 4) is 11.5 Å². The van der Waals surface area contributed by atoms with Gasteiger partial charge in [0.15, 0.2) is 5.11 Å². The first-order valence-corrected chi connectivity index (χ1v) is 11.0. The van der Waals surface area contributed by atoms with Crippen molar-refractivity contribution in [2.24, 2.45) is 0 Å². The van der Waals surface area contributed by atoms with Gasteiger partial charge >= 0.3 is 0 Å². The molecule has 0 atom stereocenters. The molecule has 1 aliphatic heterocycles. The van der Waals surface area contributed by atoms with E-state index in [1.54, 1.807) is 13.2 Å². The van der Waals surface area contributed by atoms with Crippen LogP contribution < -0.4 is 14.8 Å². The van der Waals surface area contributed by atoms with Crippen LogP contribution in [0, 0.1) is 6.92 Å². The fourth-order valence-electron chi connectivity index (χ4n) is 3.43. The van der Waals surface area contributed by atoms with Crippen LogP contribution in [0.3, 0.4) is 0 Å². The number of ether oxygens (including phenoxy) is 2. The van der Waals surface area contributed by atoms with Crippen molar-refractivity contribution in [2.75, 3.05) is 13.7 Å². The molecule has 5 nitrogen and oxygen atoms in total. The Bertz CT molecular complexity index is 1050. The van der Waals surface area contributed by atoms with Gasteiger partial charge in [-0.3, -0.25) is 9.69 Å². The Morgan fingerprint density at radius 3 is 2.58 bits per heavy atom. The summed E-state index contributed by atoms with van der Waals surface area (Å²) in [7, 11) is 1.63. The van der Waals surface area contributed by atoms with Crippen LogP contribution in [0.4, 0.5) is 0 Å². The molecule has 0 saturated carbocycles. The smallest absolute Gasteiger partial charge is 0.276 e. The number of benzene rings is 2. The number of aryl methyl sites for hydroxylation is 1. The molecule has 0 aromatic heterocycles. The molecule has 31 heavy (non-hydrogen) atoms. The molecule has 164 valence electrons. The Morgan fingerprint density at radius 1 is 1.23 bits per heavy atom. The lowest BCUT2D eigenvalue weighted by Crippen LogP contribution is -2.30. The quantitative estimate of drug-likeness (QED) is 0.442. The largest absolute Gasteiger partial charge is 0.496 e. The average Bonchev–Trinajstić information content (AvgIpc) is 3.00. The van der Waals surface area contributed by atoms with Crippen molar-refractivity contribution in [2.45, 2.75) is 40.2 Å². The SMILES string of the molecule is CCN1C(=O)/C(=C\c2ccc(OC)c(COc3cc(C)c(Cl)cc3C(C)C)c2)NC1=S. The van der Waals surface area contributed by atoms with E-state index in [4.69, 9.17) is 33.3 Å². The van der Waals surface area contributed by atoms with E-state index in [0.717, 1.165) is 38.8 Å².